The summed E-state index contributed by atoms with van der Waals surface area (Å²) < 4.78 is 7.40. The van der Waals surface area contributed by atoms with Crippen LogP contribution in [0.2, 0.25) is 0 Å². The van der Waals surface area contributed by atoms with Gasteiger partial charge < -0.3 is 14.6 Å². The second kappa shape index (κ2) is 7.65. The minimum atomic E-state index is 0.491. The largest absolute Gasteiger partial charge is 0.385 e. The van der Waals surface area contributed by atoms with E-state index in [4.69, 9.17) is 4.74 Å². The molecule has 4 nitrogen and oxygen atoms in total. The van der Waals surface area contributed by atoms with Gasteiger partial charge in [0.15, 0.2) is 0 Å². The molecule has 0 spiro atoms. The summed E-state index contributed by atoms with van der Waals surface area (Å²) in [5.41, 5.74) is 1.36. The lowest BCUT2D eigenvalue weighted by molar-refractivity contribution is 0.191. The Morgan fingerprint density at radius 3 is 3.05 bits per heavy atom. The molecule has 19 heavy (non-hydrogen) atoms. The van der Waals surface area contributed by atoms with Gasteiger partial charge in [0, 0.05) is 38.5 Å². The van der Waals surface area contributed by atoms with Crippen LogP contribution >= 0.6 is 0 Å². The molecular weight excluding hydrogens is 238 g/mol. The molecule has 1 aromatic heterocycles. The minimum Gasteiger partial charge on any atom is -0.385 e. The number of hydrogen-bond acceptors (Lipinski definition) is 3. The summed E-state index contributed by atoms with van der Waals surface area (Å²) >= 11 is 0. The van der Waals surface area contributed by atoms with Crippen LogP contribution in [0.5, 0.6) is 0 Å². The first-order valence-corrected chi connectivity index (χ1v) is 7.56. The van der Waals surface area contributed by atoms with Gasteiger partial charge in [-0.3, -0.25) is 0 Å². The number of nitrogens with zero attached hydrogens (tertiary/aromatic N) is 2. The maximum atomic E-state index is 5.08. The van der Waals surface area contributed by atoms with Gasteiger partial charge >= 0.3 is 0 Å². The fraction of sp³-hybridized carbons (Fsp3) is 0.800. The van der Waals surface area contributed by atoms with Gasteiger partial charge in [0.25, 0.3) is 0 Å². The maximum Gasteiger partial charge on any atom is 0.0948 e. The highest BCUT2D eigenvalue weighted by Gasteiger charge is 2.21. The SMILES string of the molecule is COCCCCCn1cncc1C1CCCC(C)N1. The second-order valence-electron chi connectivity index (χ2n) is 5.62. The number of rotatable bonds is 7. The minimum absolute atomic E-state index is 0.491. The topological polar surface area (TPSA) is 39.1 Å². The Kier molecular flexibility index (Phi) is 5.86. The maximum absolute atomic E-state index is 5.08. The van der Waals surface area contributed by atoms with E-state index in [9.17, 15) is 0 Å². The van der Waals surface area contributed by atoms with Crippen molar-refractivity contribution in [2.24, 2.45) is 0 Å². The normalized spacial score (nSPS) is 23.7. The van der Waals surface area contributed by atoms with Crippen molar-refractivity contribution in [2.75, 3.05) is 13.7 Å². The molecular formula is C15H27N3O. The lowest BCUT2D eigenvalue weighted by Crippen LogP contribution is -2.35. The van der Waals surface area contributed by atoms with E-state index in [1.165, 1.54) is 37.8 Å². The van der Waals surface area contributed by atoms with Gasteiger partial charge in [0.1, 0.15) is 0 Å². The van der Waals surface area contributed by atoms with Crippen molar-refractivity contribution >= 4 is 0 Å². The van der Waals surface area contributed by atoms with E-state index in [1.54, 1.807) is 7.11 Å². The van der Waals surface area contributed by atoms with E-state index in [0.29, 0.717) is 12.1 Å². The van der Waals surface area contributed by atoms with Gasteiger partial charge in [-0.15, -0.1) is 0 Å². The number of methoxy groups -OCH3 is 1. The highest BCUT2D eigenvalue weighted by molar-refractivity contribution is 5.07. The number of imidazole rings is 1. The molecule has 0 aliphatic carbocycles. The van der Waals surface area contributed by atoms with Crippen LogP contribution in [0.3, 0.4) is 0 Å². The van der Waals surface area contributed by atoms with Crippen molar-refractivity contribution in [1.29, 1.82) is 0 Å². The van der Waals surface area contributed by atoms with Crippen LogP contribution in [0.4, 0.5) is 0 Å². The number of nitrogens with one attached hydrogen (secondary N) is 1. The quantitative estimate of drug-likeness (QED) is 0.770. The van der Waals surface area contributed by atoms with Gasteiger partial charge in [-0.05, 0) is 45.4 Å². The molecule has 2 atom stereocenters. The zero-order chi connectivity index (χ0) is 13.5. The van der Waals surface area contributed by atoms with E-state index in [-0.39, 0.29) is 0 Å². The lowest BCUT2D eigenvalue weighted by atomic mass is 9.97. The molecule has 1 aliphatic heterocycles. The van der Waals surface area contributed by atoms with Crippen molar-refractivity contribution in [1.82, 2.24) is 14.9 Å². The Bertz CT molecular complexity index is 364. The Morgan fingerprint density at radius 1 is 1.37 bits per heavy atom. The van der Waals surface area contributed by atoms with Gasteiger partial charge in [-0.2, -0.15) is 0 Å². The predicted molar refractivity (Wildman–Crippen MR) is 77.1 cm³/mol. The number of ether oxygens (including phenoxy) is 1. The smallest absolute Gasteiger partial charge is 0.0948 e. The zero-order valence-corrected chi connectivity index (χ0v) is 12.3. The van der Waals surface area contributed by atoms with E-state index in [0.717, 1.165) is 19.6 Å². The lowest BCUT2D eigenvalue weighted by Gasteiger charge is -2.29. The van der Waals surface area contributed by atoms with Crippen LogP contribution in [-0.2, 0) is 11.3 Å². The molecule has 108 valence electrons. The first kappa shape index (κ1) is 14.5. The molecule has 1 aromatic rings. The Hall–Kier alpha value is -0.870. The van der Waals surface area contributed by atoms with Gasteiger partial charge in [-0.25, -0.2) is 4.98 Å². The summed E-state index contributed by atoms with van der Waals surface area (Å²) in [6.07, 6.45) is 11.4. The summed E-state index contributed by atoms with van der Waals surface area (Å²) in [4.78, 5) is 4.34. The molecule has 0 radical (unpaired) electrons. The number of piperidine rings is 1. The van der Waals surface area contributed by atoms with Crippen molar-refractivity contribution in [3.05, 3.63) is 18.2 Å². The molecule has 1 aliphatic rings. The van der Waals surface area contributed by atoms with Gasteiger partial charge in [-0.1, -0.05) is 0 Å². The summed E-state index contributed by atoms with van der Waals surface area (Å²) in [6.45, 7) is 4.22. The highest BCUT2D eigenvalue weighted by atomic mass is 16.5. The average molecular weight is 265 g/mol. The molecule has 1 fully saturated rings. The molecule has 0 aromatic carbocycles. The van der Waals surface area contributed by atoms with Gasteiger partial charge in [0.2, 0.25) is 0 Å². The van der Waals surface area contributed by atoms with Crippen LogP contribution in [0.1, 0.15) is 57.2 Å². The third-order valence-corrected chi connectivity index (χ3v) is 3.96. The van der Waals surface area contributed by atoms with E-state index in [2.05, 4.69) is 21.8 Å². The third-order valence-electron chi connectivity index (χ3n) is 3.96. The number of hydrogen-bond donors (Lipinski definition) is 1. The monoisotopic (exact) mass is 265 g/mol. The Morgan fingerprint density at radius 2 is 2.26 bits per heavy atom. The van der Waals surface area contributed by atoms with E-state index >= 15 is 0 Å². The van der Waals surface area contributed by atoms with Crippen molar-refractivity contribution in [3.63, 3.8) is 0 Å². The van der Waals surface area contributed by atoms with Crippen LogP contribution in [0, 0.1) is 0 Å². The molecule has 0 amide bonds. The summed E-state index contributed by atoms with van der Waals surface area (Å²) in [6, 6.07) is 1.12. The van der Waals surface area contributed by atoms with Crippen molar-refractivity contribution < 1.29 is 4.74 Å². The summed E-state index contributed by atoms with van der Waals surface area (Å²) in [5.74, 6) is 0. The standard InChI is InChI=1S/C15H27N3O/c1-13-7-6-8-14(17-13)15-11-16-12-18(15)9-4-3-5-10-19-2/h11-14,17H,3-10H2,1-2H3. The van der Waals surface area contributed by atoms with E-state index < -0.39 is 0 Å². The number of unbranched alkanes of at least 4 members (excludes halogenated alkanes) is 2. The van der Waals surface area contributed by atoms with Gasteiger partial charge in [0.05, 0.1) is 12.0 Å². The van der Waals surface area contributed by atoms with Crippen LogP contribution in [0.15, 0.2) is 12.5 Å². The van der Waals surface area contributed by atoms with Crippen molar-refractivity contribution in [3.8, 4) is 0 Å². The molecule has 0 saturated carbocycles. The first-order chi connectivity index (χ1) is 9.31. The predicted octanol–water partition coefficient (Wildman–Crippen LogP) is 2.90. The number of aryl methyl sites for hydroxylation is 1. The first-order valence-electron chi connectivity index (χ1n) is 7.56. The molecule has 1 N–H and O–H groups in total. The Labute approximate surface area is 116 Å². The molecule has 0 bridgehead atoms. The molecule has 2 rings (SSSR count). The van der Waals surface area contributed by atoms with Crippen LogP contribution < -0.4 is 5.32 Å². The molecule has 2 unspecified atom stereocenters. The zero-order valence-electron chi connectivity index (χ0n) is 12.3. The molecule has 4 heteroatoms. The third kappa shape index (κ3) is 4.32. The van der Waals surface area contributed by atoms with Crippen molar-refractivity contribution in [2.45, 2.75) is 64.1 Å². The van der Waals surface area contributed by atoms with E-state index in [1.807, 2.05) is 12.5 Å². The highest BCUT2D eigenvalue weighted by Crippen LogP contribution is 2.25. The summed E-state index contributed by atoms with van der Waals surface area (Å²) in [5, 5.41) is 3.69. The Balaban J connectivity index is 1.83. The number of aromatic nitrogens is 2. The molecule has 1 saturated heterocycles. The van der Waals surface area contributed by atoms with Crippen LogP contribution in [-0.4, -0.2) is 29.3 Å². The van der Waals surface area contributed by atoms with Crippen LogP contribution in [0.25, 0.3) is 0 Å². The second-order valence-corrected chi connectivity index (χ2v) is 5.62. The molecule has 2 heterocycles. The average Bonchev–Trinajstić information content (AvgIpc) is 2.87. The summed E-state index contributed by atoms with van der Waals surface area (Å²) in [7, 11) is 1.77. The fourth-order valence-electron chi connectivity index (χ4n) is 2.88. The fourth-order valence-corrected chi connectivity index (χ4v) is 2.88.